The van der Waals surface area contributed by atoms with Crippen LogP contribution < -0.4 is 15.8 Å². The van der Waals surface area contributed by atoms with Crippen molar-refractivity contribution in [3.63, 3.8) is 0 Å². The third kappa shape index (κ3) is 4.80. The van der Waals surface area contributed by atoms with Gasteiger partial charge in [0.05, 0.1) is 4.88 Å². The second kappa shape index (κ2) is 8.70. The van der Waals surface area contributed by atoms with Crippen molar-refractivity contribution in [2.75, 3.05) is 5.32 Å². The molecule has 0 aliphatic heterocycles. The second-order valence-corrected chi connectivity index (χ2v) is 8.82. The van der Waals surface area contributed by atoms with Crippen LogP contribution in [0.1, 0.15) is 30.6 Å². The maximum absolute atomic E-state index is 13.9. The van der Waals surface area contributed by atoms with Crippen molar-refractivity contribution in [1.29, 1.82) is 5.41 Å². The summed E-state index contributed by atoms with van der Waals surface area (Å²) in [4.78, 5) is 14.0. The van der Waals surface area contributed by atoms with Crippen molar-refractivity contribution in [3.8, 4) is 16.9 Å². The fourth-order valence-corrected chi connectivity index (χ4v) is 4.54. The minimum Gasteiger partial charge on any atom is -0.477 e. The Morgan fingerprint density at radius 1 is 1.00 bits per heavy atom. The van der Waals surface area contributed by atoms with E-state index in [1.807, 2.05) is 23.6 Å². The number of carbonyl (C=O) groups is 1. The topological polar surface area (TPSA) is 88.2 Å². The number of ether oxygens (including phenoxy) is 1. The van der Waals surface area contributed by atoms with Gasteiger partial charge in [-0.05, 0) is 46.8 Å². The number of nitrogens with two attached hydrogens (primary N) is 1. The van der Waals surface area contributed by atoms with Crippen molar-refractivity contribution in [3.05, 3.63) is 70.9 Å². The fraction of sp³-hybridized carbons (Fsp3) is 0.250. The van der Waals surface area contributed by atoms with Crippen molar-refractivity contribution < 1.29 is 18.3 Å². The summed E-state index contributed by atoms with van der Waals surface area (Å²) in [5, 5.41) is 12.3. The Balaban J connectivity index is 1.57. The summed E-state index contributed by atoms with van der Waals surface area (Å²) < 4.78 is 33.8. The third-order valence-corrected chi connectivity index (χ3v) is 6.54. The number of halogens is 2. The molecule has 32 heavy (non-hydrogen) atoms. The summed E-state index contributed by atoms with van der Waals surface area (Å²) in [6.07, 6.45) is -0.966. The normalized spacial score (nSPS) is 16.8. The van der Waals surface area contributed by atoms with E-state index in [1.165, 1.54) is 11.3 Å². The predicted molar refractivity (Wildman–Crippen MR) is 123 cm³/mol. The summed E-state index contributed by atoms with van der Waals surface area (Å²) in [5.41, 5.74) is 6.44. The van der Waals surface area contributed by atoms with Gasteiger partial charge in [-0.15, -0.1) is 11.3 Å². The van der Waals surface area contributed by atoms with Crippen LogP contribution in [0.5, 0.6) is 5.75 Å². The average Bonchev–Trinajstić information content (AvgIpc) is 3.27. The molecule has 0 bridgehead atoms. The van der Waals surface area contributed by atoms with Gasteiger partial charge in [0.25, 0.3) is 5.91 Å². The lowest BCUT2D eigenvalue weighted by Crippen LogP contribution is -2.52. The molecule has 1 aromatic heterocycles. The van der Waals surface area contributed by atoms with E-state index < -0.39 is 30.3 Å². The number of para-hydroxylation sites is 1. The predicted octanol–water partition coefficient (Wildman–Crippen LogP) is 5.66. The van der Waals surface area contributed by atoms with Crippen LogP contribution in [0.25, 0.3) is 11.1 Å². The Morgan fingerprint density at radius 3 is 2.38 bits per heavy atom. The lowest BCUT2D eigenvalue weighted by Gasteiger charge is -2.38. The number of nitrogens with one attached hydrogen (secondary N) is 2. The van der Waals surface area contributed by atoms with Crippen molar-refractivity contribution >= 4 is 28.8 Å². The number of alkyl halides is 2. The van der Waals surface area contributed by atoms with Gasteiger partial charge in [0.15, 0.2) is 5.60 Å². The minimum atomic E-state index is -2.79. The first kappa shape index (κ1) is 22.0. The number of amides is 1. The number of benzene rings is 2. The molecule has 2 aromatic carbocycles. The summed E-state index contributed by atoms with van der Waals surface area (Å²) in [7, 11) is 0. The Labute approximate surface area is 188 Å². The van der Waals surface area contributed by atoms with E-state index in [0.29, 0.717) is 16.3 Å². The molecule has 0 unspecified atom stereocenters. The van der Waals surface area contributed by atoms with Crippen molar-refractivity contribution in [2.24, 2.45) is 5.73 Å². The molecule has 3 aromatic rings. The Morgan fingerprint density at radius 2 is 1.72 bits per heavy atom. The highest BCUT2D eigenvalue weighted by Crippen LogP contribution is 2.41. The SMILES string of the molecule is N=C(N)c1cc(-c2cccc(NC(=O)C3(Oc4ccccc4)CCC(F)(F)CC3)c2)cs1. The highest BCUT2D eigenvalue weighted by atomic mass is 32.1. The molecule has 4 rings (SSSR count). The number of nitrogen functional groups attached to an aromatic ring is 1. The van der Waals surface area contributed by atoms with E-state index in [1.54, 1.807) is 42.5 Å². The molecule has 0 radical (unpaired) electrons. The molecule has 0 saturated heterocycles. The number of carbonyl (C=O) groups excluding carboxylic acids is 1. The van der Waals surface area contributed by atoms with Crippen LogP contribution in [0, 0.1) is 5.41 Å². The Bertz CT molecular complexity index is 1120. The Hall–Kier alpha value is -3.26. The zero-order valence-electron chi connectivity index (χ0n) is 17.2. The van der Waals surface area contributed by atoms with Crippen molar-refractivity contribution in [2.45, 2.75) is 37.2 Å². The maximum atomic E-state index is 13.9. The number of amidine groups is 1. The lowest BCUT2D eigenvalue weighted by molar-refractivity contribution is -0.143. The molecule has 166 valence electrons. The average molecular weight is 456 g/mol. The van der Waals surface area contributed by atoms with Gasteiger partial charge in [0, 0.05) is 31.4 Å². The monoisotopic (exact) mass is 455 g/mol. The van der Waals surface area contributed by atoms with E-state index in [2.05, 4.69) is 5.32 Å². The van der Waals surface area contributed by atoms with Gasteiger partial charge < -0.3 is 15.8 Å². The van der Waals surface area contributed by atoms with Crippen LogP contribution in [0.3, 0.4) is 0 Å². The summed E-state index contributed by atoms with van der Waals surface area (Å²) in [6.45, 7) is 0. The summed E-state index contributed by atoms with van der Waals surface area (Å²) in [5.74, 6) is -2.77. The molecule has 1 aliphatic rings. The molecule has 8 heteroatoms. The molecule has 4 N–H and O–H groups in total. The van der Waals surface area contributed by atoms with Crippen LogP contribution >= 0.6 is 11.3 Å². The first-order chi connectivity index (χ1) is 15.3. The zero-order valence-corrected chi connectivity index (χ0v) is 18.1. The fourth-order valence-electron chi connectivity index (χ4n) is 3.76. The molecule has 1 amide bonds. The van der Waals surface area contributed by atoms with Crippen LogP contribution in [-0.2, 0) is 4.79 Å². The number of anilines is 1. The number of rotatable bonds is 6. The highest BCUT2D eigenvalue weighted by molar-refractivity contribution is 7.12. The van der Waals surface area contributed by atoms with E-state index in [-0.39, 0.29) is 18.7 Å². The van der Waals surface area contributed by atoms with E-state index in [9.17, 15) is 13.6 Å². The quantitative estimate of drug-likeness (QED) is 0.331. The number of hydrogen-bond donors (Lipinski definition) is 3. The molecule has 0 spiro atoms. The van der Waals surface area contributed by atoms with Gasteiger partial charge in [0.2, 0.25) is 5.92 Å². The minimum absolute atomic E-state index is 0.000176. The Kier molecular flexibility index (Phi) is 5.97. The van der Waals surface area contributed by atoms with Crippen molar-refractivity contribution in [1.82, 2.24) is 0 Å². The van der Waals surface area contributed by atoms with Crippen LogP contribution in [0.2, 0.25) is 0 Å². The molecule has 1 heterocycles. The lowest BCUT2D eigenvalue weighted by atomic mass is 9.81. The zero-order chi connectivity index (χ0) is 22.8. The number of hydrogen-bond acceptors (Lipinski definition) is 4. The van der Waals surface area contributed by atoms with E-state index in [4.69, 9.17) is 15.9 Å². The van der Waals surface area contributed by atoms with Crippen LogP contribution in [-0.4, -0.2) is 23.3 Å². The van der Waals surface area contributed by atoms with Gasteiger partial charge in [0.1, 0.15) is 11.6 Å². The van der Waals surface area contributed by atoms with Gasteiger partial charge in [-0.25, -0.2) is 8.78 Å². The van der Waals surface area contributed by atoms with Crippen LogP contribution in [0.4, 0.5) is 14.5 Å². The van der Waals surface area contributed by atoms with Gasteiger partial charge in [-0.1, -0.05) is 30.3 Å². The summed E-state index contributed by atoms with van der Waals surface area (Å²) >= 11 is 1.37. The molecule has 1 saturated carbocycles. The third-order valence-electron chi connectivity index (χ3n) is 5.58. The molecule has 1 fully saturated rings. The molecule has 5 nitrogen and oxygen atoms in total. The summed E-state index contributed by atoms with van der Waals surface area (Å²) in [6, 6.07) is 17.9. The molecule has 1 aliphatic carbocycles. The van der Waals surface area contributed by atoms with E-state index >= 15 is 0 Å². The van der Waals surface area contributed by atoms with Crippen LogP contribution in [0.15, 0.2) is 66.0 Å². The second-order valence-electron chi connectivity index (χ2n) is 7.91. The first-order valence-electron chi connectivity index (χ1n) is 10.2. The molecule has 0 atom stereocenters. The smallest absolute Gasteiger partial charge is 0.268 e. The maximum Gasteiger partial charge on any atom is 0.268 e. The van der Waals surface area contributed by atoms with Gasteiger partial charge in [-0.3, -0.25) is 10.2 Å². The molecular formula is C24H23F2N3O2S. The van der Waals surface area contributed by atoms with Gasteiger partial charge >= 0.3 is 0 Å². The molecular weight excluding hydrogens is 432 g/mol. The van der Waals surface area contributed by atoms with E-state index in [0.717, 1.165) is 11.1 Å². The standard InChI is InChI=1S/C24H23F2N3O2S/c25-24(26)11-9-23(10-12-24,31-19-7-2-1-3-8-19)22(30)29-18-6-4-5-16(13-18)17-14-20(21(27)28)32-15-17/h1-8,13-15H,9-12H2,(H3,27,28)(H,29,30). The van der Waals surface area contributed by atoms with Gasteiger partial charge in [-0.2, -0.15) is 0 Å². The first-order valence-corrected chi connectivity index (χ1v) is 11.1. The highest BCUT2D eigenvalue weighted by Gasteiger charge is 2.49. The largest absolute Gasteiger partial charge is 0.477 e. The number of thiophene rings is 1.